The highest BCUT2D eigenvalue weighted by Crippen LogP contribution is 2.57. The summed E-state index contributed by atoms with van der Waals surface area (Å²) >= 11 is 0. The van der Waals surface area contributed by atoms with Gasteiger partial charge in [0.1, 0.15) is 11.2 Å². The van der Waals surface area contributed by atoms with Crippen LogP contribution in [0.5, 0.6) is 0 Å². The molecule has 0 bridgehead atoms. The Hall–Kier alpha value is -10.5. The van der Waals surface area contributed by atoms with Gasteiger partial charge in [-0.25, -0.2) is 0 Å². The lowest BCUT2D eigenvalue weighted by atomic mass is 9.67. The fourth-order valence-corrected chi connectivity index (χ4v) is 14.1. The van der Waals surface area contributed by atoms with Crippen LogP contribution in [-0.4, -0.2) is 4.57 Å². The second-order valence-corrected chi connectivity index (χ2v) is 22.3. The van der Waals surface area contributed by atoms with Gasteiger partial charge in [0.05, 0.1) is 33.8 Å². The zero-order valence-electron chi connectivity index (χ0n) is 44.7. The largest absolute Gasteiger partial charge is 0.456 e. The van der Waals surface area contributed by atoms with Crippen LogP contribution in [-0.2, 0) is 10.8 Å². The van der Waals surface area contributed by atoms with E-state index in [1.807, 2.05) is 24.3 Å². The number of para-hydroxylation sites is 2. The minimum atomic E-state index is -0.606. The summed E-state index contributed by atoms with van der Waals surface area (Å²) in [6.45, 7) is 4.74. The number of fused-ring (bicyclic) bond motifs is 12. The van der Waals surface area contributed by atoms with Gasteiger partial charge in [0.2, 0.25) is 0 Å². The molecule has 81 heavy (non-hydrogen) atoms. The first kappa shape index (κ1) is 46.6. The van der Waals surface area contributed by atoms with E-state index >= 15 is 0 Å². The van der Waals surface area contributed by atoms with Crippen LogP contribution in [0.1, 0.15) is 52.8 Å². The van der Waals surface area contributed by atoms with Crippen LogP contribution < -0.4 is 4.90 Å². The van der Waals surface area contributed by atoms with Gasteiger partial charge >= 0.3 is 0 Å². The number of hydrogen-bond donors (Lipinski definition) is 0. The third kappa shape index (κ3) is 6.89. The van der Waals surface area contributed by atoms with Crippen LogP contribution in [0, 0.1) is 11.3 Å². The van der Waals surface area contributed by atoms with Crippen molar-refractivity contribution in [3.05, 3.63) is 312 Å². The molecule has 0 saturated heterocycles. The quantitative estimate of drug-likeness (QED) is 0.152. The predicted molar refractivity (Wildman–Crippen MR) is 333 cm³/mol. The Kier molecular flexibility index (Phi) is 10.2. The molecular formula is C77H51N3O. The highest BCUT2D eigenvalue weighted by molar-refractivity contribution is 6.11. The molecule has 16 rings (SSSR count). The Bertz CT molecular complexity index is 4890. The summed E-state index contributed by atoms with van der Waals surface area (Å²) in [4.78, 5) is 2.37. The topological polar surface area (TPSA) is 45.1 Å². The van der Waals surface area contributed by atoms with Gasteiger partial charge in [-0.15, -0.1) is 0 Å². The van der Waals surface area contributed by atoms with Crippen LogP contribution in [0.25, 0.3) is 93.9 Å². The maximum Gasteiger partial charge on any atom is 0.135 e. The van der Waals surface area contributed by atoms with Crippen molar-refractivity contribution in [3.8, 4) is 56.3 Å². The lowest BCUT2D eigenvalue weighted by Crippen LogP contribution is -2.28. The molecule has 0 amide bonds. The number of anilines is 3. The van der Waals surface area contributed by atoms with E-state index in [4.69, 9.17) is 4.42 Å². The van der Waals surface area contributed by atoms with Gasteiger partial charge in [0, 0.05) is 44.0 Å². The molecule has 380 valence electrons. The van der Waals surface area contributed by atoms with Crippen LogP contribution >= 0.6 is 0 Å². The van der Waals surface area contributed by atoms with Gasteiger partial charge in [0.25, 0.3) is 0 Å². The number of hydrogen-bond acceptors (Lipinski definition) is 3. The zero-order valence-corrected chi connectivity index (χ0v) is 44.7. The second-order valence-electron chi connectivity index (χ2n) is 22.3. The normalized spacial score (nSPS) is 13.5. The minimum Gasteiger partial charge on any atom is -0.456 e. The smallest absolute Gasteiger partial charge is 0.135 e. The molecule has 14 aromatic rings. The third-order valence-electron chi connectivity index (χ3n) is 17.6. The number of benzene rings is 12. The number of nitriles is 1. The van der Waals surface area contributed by atoms with Crippen LogP contribution in [0.15, 0.2) is 277 Å². The third-order valence-corrected chi connectivity index (χ3v) is 17.6. The Morgan fingerprint density at radius 2 is 0.951 bits per heavy atom. The van der Waals surface area contributed by atoms with Crippen LogP contribution in [0.4, 0.5) is 17.1 Å². The second kappa shape index (κ2) is 17.8. The molecule has 0 aliphatic heterocycles. The Balaban J connectivity index is 0.932. The fourth-order valence-electron chi connectivity index (χ4n) is 14.1. The number of rotatable bonds is 8. The van der Waals surface area contributed by atoms with Crippen LogP contribution in [0.3, 0.4) is 0 Å². The number of nitrogens with zero attached hydrogens (tertiary/aromatic N) is 3. The van der Waals surface area contributed by atoms with Gasteiger partial charge in [-0.1, -0.05) is 190 Å². The monoisotopic (exact) mass is 1030 g/mol. The van der Waals surface area contributed by atoms with Gasteiger partial charge < -0.3 is 13.9 Å². The lowest BCUT2D eigenvalue weighted by molar-refractivity contribution is 0.656. The molecule has 0 spiro atoms. The van der Waals surface area contributed by atoms with Crippen molar-refractivity contribution in [2.45, 2.75) is 24.7 Å². The molecule has 0 radical (unpaired) electrons. The summed E-state index contributed by atoms with van der Waals surface area (Å²) in [5.41, 5.74) is 25.0. The van der Waals surface area contributed by atoms with E-state index < -0.39 is 5.41 Å². The first-order valence-corrected chi connectivity index (χ1v) is 27.9. The van der Waals surface area contributed by atoms with Gasteiger partial charge in [-0.2, -0.15) is 5.26 Å². The molecule has 0 atom stereocenters. The summed E-state index contributed by atoms with van der Waals surface area (Å²) in [5.74, 6) is 0. The van der Waals surface area contributed by atoms with E-state index in [2.05, 4.69) is 278 Å². The van der Waals surface area contributed by atoms with E-state index in [0.29, 0.717) is 5.56 Å². The lowest BCUT2D eigenvalue weighted by Gasteiger charge is -2.35. The molecule has 12 aromatic carbocycles. The summed E-state index contributed by atoms with van der Waals surface area (Å²) in [6, 6.07) is 102. The Morgan fingerprint density at radius 1 is 0.383 bits per heavy atom. The van der Waals surface area contributed by atoms with Crippen LogP contribution in [0.2, 0.25) is 0 Å². The SMILES string of the molecule is CC1(C)c2ccccc2-c2cccc(-n3c4ccccc4c4cc(-c5cc(-c6ccc7oc8ccccc8c7c6)cc(N(c6ccc(C#N)cc6)c6cccc(C7(c8ccccc8)c8ccccc8-c8ccccc87)c6)c5)ccc43)c21. The number of furan rings is 1. The Morgan fingerprint density at radius 3 is 1.69 bits per heavy atom. The molecule has 0 fully saturated rings. The molecule has 4 nitrogen and oxygen atoms in total. The minimum absolute atomic E-state index is 0.197. The summed E-state index contributed by atoms with van der Waals surface area (Å²) in [7, 11) is 0. The molecule has 4 heteroatoms. The van der Waals surface area contributed by atoms with E-state index in [1.54, 1.807) is 0 Å². The van der Waals surface area contributed by atoms with Crippen molar-refractivity contribution < 1.29 is 4.42 Å². The first-order valence-electron chi connectivity index (χ1n) is 27.9. The van der Waals surface area contributed by atoms with Crippen molar-refractivity contribution >= 4 is 60.8 Å². The van der Waals surface area contributed by atoms with Crippen molar-refractivity contribution in [1.82, 2.24) is 4.57 Å². The highest BCUT2D eigenvalue weighted by atomic mass is 16.3. The predicted octanol–water partition coefficient (Wildman–Crippen LogP) is 20.0. The zero-order chi connectivity index (χ0) is 54.0. The van der Waals surface area contributed by atoms with Gasteiger partial charge in [0.15, 0.2) is 0 Å². The fraction of sp³-hybridized carbons (Fsp3) is 0.0519. The molecule has 0 unspecified atom stereocenters. The highest BCUT2D eigenvalue weighted by Gasteiger charge is 2.46. The van der Waals surface area contributed by atoms with E-state index in [-0.39, 0.29) is 5.41 Å². The molecule has 2 heterocycles. The summed E-state index contributed by atoms with van der Waals surface area (Å²) in [5, 5.41) is 14.7. The first-order chi connectivity index (χ1) is 39.9. The van der Waals surface area contributed by atoms with E-state index in [9.17, 15) is 5.26 Å². The van der Waals surface area contributed by atoms with E-state index in [0.717, 1.165) is 72.3 Å². The van der Waals surface area contributed by atoms with Crippen molar-refractivity contribution in [2.24, 2.45) is 0 Å². The van der Waals surface area contributed by atoms with Crippen molar-refractivity contribution in [3.63, 3.8) is 0 Å². The van der Waals surface area contributed by atoms with E-state index in [1.165, 1.54) is 72.0 Å². The maximum atomic E-state index is 10.1. The number of aromatic nitrogens is 1. The maximum absolute atomic E-state index is 10.1. The molecule has 2 aliphatic carbocycles. The van der Waals surface area contributed by atoms with Gasteiger partial charge in [-0.3, -0.25) is 0 Å². The summed E-state index contributed by atoms with van der Waals surface area (Å²) < 4.78 is 8.90. The average Bonchev–Trinajstić information content (AvgIpc) is 3.52. The molecule has 0 saturated carbocycles. The average molecular weight is 1030 g/mol. The van der Waals surface area contributed by atoms with Crippen molar-refractivity contribution in [2.75, 3.05) is 4.90 Å². The standard InChI is InChI=1S/C77H51N3O/c1-76(2)67-28-11-6-24-61(67)64-27-17-32-72(75(64)76)80-70-31-14-9-25-62(70)65-45-50(36-40-71(65)80)52-42-53(51-37-41-74-66(46-51)63-26-10-15-33-73(63)81-74)44-58(43-52)79(56-38-34-49(48-78)35-39-56)57-21-16-20-55(47-57)77(54-18-4-3-5-19-54)68-29-12-7-22-59(68)60-23-8-13-30-69(60)77/h3-47H,1-2H3. The molecular weight excluding hydrogens is 983 g/mol. The molecule has 2 aromatic heterocycles. The summed E-state index contributed by atoms with van der Waals surface area (Å²) in [6.07, 6.45) is 0. The van der Waals surface area contributed by atoms with Crippen molar-refractivity contribution in [1.29, 1.82) is 5.26 Å². The van der Waals surface area contributed by atoms with Gasteiger partial charge in [-0.05, 0) is 175 Å². The Labute approximate surface area is 470 Å². The molecule has 2 aliphatic rings. The molecule has 0 N–H and O–H groups in total.